The van der Waals surface area contributed by atoms with Crippen LogP contribution in [0.2, 0.25) is 0 Å². The van der Waals surface area contributed by atoms with E-state index < -0.39 is 5.60 Å². The molecule has 2 aromatic rings. The summed E-state index contributed by atoms with van der Waals surface area (Å²) in [5.74, 6) is 0.370. The maximum absolute atomic E-state index is 10.8. The number of aliphatic hydroxyl groups is 1. The highest BCUT2D eigenvalue weighted by atomic mass is 16.3. The maximum atomic E-state index is 10.8. The van der Waals surface area contributed by atoms with Crippen molar-refractivity contribution in [2.75, 3.05) is 0 Å². The Balaban J connectivity index is 1.88. The summed E-state index contributed by atoms with van der Waals surface area (Å²) in [4.78, 5) is 4.69. The molecule has 1 aliphatic rings. The van der Waals surface area contributed by atoms with Gasteiger partial charge in [0.15, 0.2) is 0 Å². The first kappa shape index (κ1) is 12.6. The molecule has 0 spiro atoms. The molecular weight excluding hydrogens is 234 g/mol. The van der Waals surface area contributed by atoms with Crippen molar-refractivity contribution in [3.05, 3.63) is 42.1 Å². The highest BCUT2D eigenvalue weighted by molar-refractivity contribution is 5.78. The fraction of sp³-hybridized carbons (Fsp3) is 0.471. The van der Waals surface area contributed by atoms with E-state index in [1.165, 1.54) is 6.42 Å². The Kier molecular flexibility index (Phi) is 3.28. The van der Waals surface area contributed by atoms with Gasteiger partial charge in [-0.1, -0.05) is 44.0 Å². The normalized spacial score (nSPS) is 27.6. The Bertz CT molecular complexity index is 580. The van der Waals surface area contributed by atoms with Crippen molar-refractivity contribution >= 4 is 10.9 Å². The summed E-state index contributed by atoms with van der Waals surface area (Å²) in [6.07, 6.45) is 5.09. The summed E-state index contributed by atoms with van der Waals surface area (Å²) in [6.45, 7) is 2.17. The SMILES string of the molecule is CC1CCCCC1(O)Cc1ccc2ccccc2n1. The van der Waals surface area contributed by atoms with Gasteiger partial charge in [0.1, 0.15) is 0 Å². The van der Waals surface area contributed by atoms with Crippen LogP contribution in [-0.4, -0.2) is 15.7 Å². The molecule has 1 aliphatic carbocycles. The van der Waals surface area contributed by atoms with Crippen molar-refractivity contribution in [2.45, 2.75) is 44.6 Å². The summed E-state index contributed by atoms with van der Waals surface area (Å²) in [6, 6.07) is 12.3. The van der Waals surface area contributed by atoms with E-state index in [-0.39, 0.29) is 0 Å². The Labute approximate surface area is 114 Å². The van der Waals surface area contributed by atoms with Crippen molar-refractivity contribution in [2.24, 2.45) is 5.92 Å². The lowest BCUT2D eigenvalue weighted by atomic mass is 9.74. The van der Waals surface area contributed by atoms with Gasteiger partial charge in [-0.15, -0.1) is 0 Å². The van der Waals surface area contributed by atoms with Gasteiger partial charge >= 0.3 is 0 Å². The van der Waals surface area contributed by atoms with Gasteiger partial charge < -0.3 is 5.11 Å². The largest absolute Gasteiger partial charge is 0.389 e. The molecule has 2 unspecified atom stereocenters. The van der Waals surface area contributed by atoms with E-state index in [0.29, 0.717) is 12.3 Å². The van der Waals surface area contributed by atoms with Crippen LogP contribution >= 0.6 is 0 Å². The first-order chi connectivity index (χ1) is 9.17. The number of benzene rings is 1. The average Bonchev–Trinajstić information content (AvgIpc) is 2.42. The monoisotopic (exact) mass is 255 g/mol. The molecule has 1 heterocycles. The molecule has 0 aliphatic heterocycles. The quantitative estimate of drug-likeness (QED) is 0.887. The van der Waals surface area contributed by atoms with E-state index in [4.69, 9.17) is 0 Å². The Morgan fingerprint density at radius 1 is 1.21 bits per heavy atom. The van der Waals surface area contributed by atoms with Crippen LogP contribution in [0.15, 0.2) is 36.4 Å². The second kappa shape index (κ2) is 4.93. The standard InChI is InChI=1S/C17H21NO/c1-13-6-4-5-11-17(13,19)12-15-10-9-14-7-2-3-8-16(14)18-15/h2-3,7-10,13,19H,4-6,11-12H2,1H3. The molecular formula is C17H21NO. The molecule has 1 aromatic carbocycles. The second-order valence-electron chi connectivity index (χ2n) is 5.92. The van der Waals surface area contributed by atoms with Crippen molar-refractivity contribution in [3.63, 3.8) is 0 Å². The Hall–Kier alpha value is -1.41. The summed E-state index contributed by atoms with van der Waals surface area (Å²) < 4.78 is 0. The summed E-state index contributed by atoms with van der Waals surface area (Å²) in [5.41, 5.74) is 1.47. The zero-order valence-corrected chi connectivity index (χ0v) is 11.5. The third kappa shape index (κ3) is 2.50. The van der Waals surface area contributed by atoms with Gasteiger partial charge in [0.25, 0.3) is 0 Å². The van der Waals surface area contributed by atoms with Gasteiger partial charge in [-0.3, -0.25) is 4.98 Å². The van der Waals surface area contributed by atoms with Gasteiger partial charge in [0, 0.05) is 17.5 Å². The third-order valence-electron chi connectivity index (χ3n) is 4.56. The van der Waals surface area contributed by atoms with Crippen LogP contribution in [-0.2, 0) is 6.42 Å². The molecule has 0 bridgehead atoms. The van der Waals surface area contributed by atoms with E-state index in [1.807, 2.05) is 18.2 Å². The predicted octanol–water partition coefficient (Wildman–Crippen LogP) is 3.72. The second-order valence-corrected chi connectivity index (χ2v) is 5.92. The number of nitrogens with zero attached hydrogens (tertiary/aromatic N) is 1. The first-order valence-electron chi connectivity index (χ1n) is 7.24. The molecule has 0 amide bonds. The zero-order valence-electron chi connectivity index (χ0n) is 11.5. The zero-order chi connectivity index (χ0) is 13.3. The summed E-state index contributed by atoms with van der Waals surface area (Å²) in [7, 11) is 0. The highest BCUT2D eigenvalue weighted by Gasteiger charge is 2.36. The third-order valence-corrected chi connectivity index (χ3v) is 4.56. The number of fused-ring (bicyclic) bond motifs is 1. The van der Waals surface area contributed by atoms with Crippen LogP contribution in [0.4, 0.5) is 0 Å². The van der Waals surface area contributed by atoms with Crippen LogP contribution in [0.25, 0.3) is 10.9 Å². The minimum Gasteiger partial charge on any atom is -0.389 e. The van der Waals surface area contributed by atoms with Crippen LogP contribution in [0, 0.1) is 5.92 Å². The fourth-order valence-corrected chi connectivity index (χ4v) is 3.18. The minimum absolute atomic E-state index is 0.370. The van der Waals surface area contributed by atoms with Crippen LogP contribution in [0.1, 0.15) is 38.3 Å². The van der Waals surface area contributed by atoms with Crippen molar-refractivity contribution < 1.29 is 5.11 Å². The number of hydrogen-bond acceptors (Lipinski definition) is 2. The summed E-state index contributed by atoms with van der Waals surface area (Å²) in [5, 5.41) is 12.0. The highest BCUT2D eigenvalue weighted by Crippen LogP contribution is 2.35. The minimum atomic E-state index is -0.562. The summed E-state index contributed by atoms with van der Waals surface area (Å²) >= 11 is 0. The predicted molar refractivity (Wildman–Crippen MR) is 78.0 cm³/mol. The maximum Gasteiger partial charge on any atom is 0.0728 e. The smallest absolute Gasteiger partial charge is 0.0728 e. The fourth-order valence-electron chi connectivity index (χ4n) is 3.18. The molecule has 1 fully saturated rings. The number of hydrogen-bond donors (Lipinski definition) is 1. The van der Waals surface area contributed by atoms with Crippen molar-refractivity contribution in [1.82, 2.24) is 4.98 Å². The molecule has 1 aromatic heterocycles. The molecule has 0 saturated heterocycles. The molecule has 0 radical (unpaired) electrons. The van der Waals surface area contributed by atoms with Crippen molar-refractivity contribution in [1.29, 1.82) is 0 Å². The Morgan fingerprint density at radius 2 is 2.05 bits per heavy atom. The van der Waals surface area contributed by atoms with Crippen LogP contribution in [0.3, 0.4) is 0 Å². The average molecular weight is 255 g/mol. The van der Waals surface area contributed by atoms with E-state index in [0.717, 1.165) is 35.9 Å². The van der Waals surface area contributed by atoms with Gasteiger partial charge in [0.05, 0.1) is 11.1 Å². The molecule has 2 heteroatoms. The van der Waals surface area contributed by atoms with Gasteiger partial charge in [-0.2, -0.15) is 0 Å². The molecule has 100 valence electrons. The van der Waals surface area contributed by atoms with E-state index in [9.17, 15) is 5.11 Å². The topological polar surface area (TPSA) is 33.1 Å². The lowest BCUT2D eigenvalue weighted by molar-refractivity contribution is -0.0411. The first-order valence-corrected chi connectivity index (χ1v) is 7.24. The molecule has 2 nitrogen and oxygen atoms in total. The number of pyridine rings is 1. The van der Waals surface area contributed by atoms with Gasteiger partial charge in [-0.05, 0) is 30.9 Å². The van der Waals surface area contributed by atoms with E-state index >= 15 is 0 Å². The number of para-hydroxylation sites is 1. The van der Waals surface area contributed by atoms with Gasteiger partial charge in [-0.25, -0.2) is 0 Å². The molecule has 19 heavy (non-hydrogen) atoms. The number of rotatable bonds is 2. The van der Waals surface area contributed by atoms with Crippen molar-refractivity contribution in [3.8, 4) is 0 Å². The lowest BCUT2D eigenvalue weighted by Gasteiger charge is -2.38. The van der Waals surface area contributed by atoms with Crippen LogP contribution in [0.5, 0.6) is 0 Å². The Morgan fingerprint density at radius 3 is 2.89 bits per heavy atom. The lowest BCUT2D eigenvalue weighted by Crippen LogP contribution is -2.41. The molecule has 3 rings (SSSR count). The van der Waals surface area contributed by atoms with Gasteiger partial charge in [0.2, 0.25) is 0 Å². The number of aromatic nitrogens is 1. The van der Waals surface area contributed by atoms with E-state index in [1.54, 1.807) is 0 Å². The van der Waals surface area contributed by atoms with Crippen LogP contribution < -0.4 is 0 Å². The molecule has 1 saturated carbocycles. The molecule has 2 atom stereocenters. The van der Waals surface area contributed by atoms with E-state index in [2.05, 4.69) is 30.1 Å². The molecule has 1 N–H and O–H groups in total.